The van der Waals surface area contributed by atoms with E-state index in [1.165, 1.54) is 0 Å². The molecule has 0 amide bonds. The quantitative estimate of drug-likeness (QED) is 0.800. The lowest BCUT2D eigenvalue weighted by molar-refractivity contribution is -0.0167. The normalized spacial score (nSPS) is 11.3. The second kappa shape index (κ2) is 5.89. The molecule has 0 aliphatic heterocycles. The molecule has 0 aliphatic carbocycles. The average Bonchev–Trinajstić information content (AvgIpc) is 2.41. The zero-order chi connectivity index (χ0) is 14.6. The van der Waals surface area contributed by atoms with Crippen LogP contribution >= 0.6 is 0 Å². The number of nitrogens with zero attached hydrogens (tertiary/aromatic N) is 2. The number of rotatable bonds is 4. The Morgan fingerprint density at radius 3 is 2.65 bits per heavy atom. The zero-order valence-electron chi connectivity index (χ0n) is 12.0. The van der Waals surface area contributed by atoms with E-state index in [1.807, 2.05) is 45.0 Å². The fraction of sp³-hybridized carbons (Fsp3) is 0.375. The van der Waals surface area contributed by atoms with Crippen molar-refractivity contribution in [3.05, 3.63) is 35.9 Å². The van der Waals surface area contributed by atoms with Gasteiger partial charge in [-0.25, -0.2) is 4.98 Å². The summed E-state index contributed by atoms with van der Waals surface area (Å²) in [6.45, 7) is 6.88. The minimum Gasteiger partial charge on any atom is -0.475 e. The number of hydrogen-bond donors (Lipinski definition) is 0. The average molecular weight is 270 g/mol. The predicted molar refractivity (Wildman–Crippen MR) is 77.7 cm³/mol. The Morgan fingerprint density at radius 1 is 1.20 bits per heavy atom. The molecule has 0 spiro atoms. The first kappa shape index (κ1) is 14.3. The van der Waals surface area contributed by atoms with Crippen molar-refractivity contribution in [2.75, 3.05) is 13.2 Å². The Hall–Kier alpha value is -2.12. The van der Waals surface area contributed by atoms with Crippen LogP contribution in [-0.4, -0.2) is 23.8 Å². The highest BCUT2D eigenvalue weighted by Gasteiger charge is 2.10. The van der Waals surface area contributed by atoms with Gasteiger partial charge in [0.25, 0.3) is 0 Å². The van der Waals surface area contributed by atoms with Gasteiger partial charge >= 0.3 is 0 Å². The summed E-state index contributed by atoms with van der Waals surface area (Å²) in [5.41, 5.74) is 1.15. The summed E-state index contributed by atoms with van der Waals surface area (Å²) in [6.07, 6.45) is 0. The first-order chi connectivity index (χ1) is 9.49. The predicted octanol–water partition coefficient (Wildman–Crippen LogP) is 3.30. The Morgan fingerprint density at radius 2 is 1.95 bits per heavy atom. The van der Waals surface area contributed by atoms with Crippen molar-refractivity contribution in [2.24, 2.45) is 0 Å². The summed E-state index contributed by atoms with van der Waals surface area (Å²) in [5.74, 6) is 0.456. The lowest BCUT2D eigenvalue weighted by atomic mass is 10.1. The lowest BCUT2D eigenvalue weighted by Crippen LogP contribution is -2.22. The molecule has 0 aliphatic rings. The Bertz CT molecular complexity index is 639. The summed E-state index contributed by atoms with van der Waals surface area (Å²) >= 11 is 0. The largest absolute Gasteiger partial charge is 0.475 e. The number of aromatic nitrogens is 1. The molecule has 1 aromatic carbocycles. The fourth-order valence-electron chi connectivity index (χ4n) is 1.81. The minimum atomic E-state index is -0.183. The summed E-state index contributed by atoms with van der Waals surface area (Å²) in [4.78, 5) is 4.39. The highest BCUT2D eigenvalue weighted by atomic mass is 16.5. The van der Waals surface area contributed by atoms with Crippen molar-refractivity contribution >= 4 is 10.9 Å². The molecule has 4 heteroatoms. The summed E-state index contributed by atoms with van der Waals surface area (Å²) in [5, 5.41) is 10.0. The molecule has 0 unspecified atom stereocenters. The molecule has 1 aromatic heterocycles. The van der Waals surface area contributed by atoms with Crippen LogP contribution in [-0.2, 0) is 4.74 Å². The topological polar surface area (TPSA) is 55.1 Å². The zero-order valence-corrected chi connectivity index (χ0v) is 12.0. The van der Waals surface area contributed by atoms with Crippen molar-refractivity contribution in [1.29, 1.82) is 5.26 Å². The smallest absolute Gasteiger partial charge is 0.215 e. The minimum absolute atomic E-state index is 0.183. The van der Waals surface area contributed by atoms with Gasteiger partial charge in [0.15, 0.2) is 0 Å². The highest BCUT2D eigenvalue weighted by Crippen LogP contribution is 2.21. The number of hydrogen-bond acceptors (Lipinski definition) is 4. The van der Waals surface area contributed by atoms with Gasteiger partial charge in [0.2, 0.25) is 5.88 Å². The van der Waals surface area contributed by atoms with Crippen LogP contribution in [0.1, 0.15) is 26.3 Å². The second-order valence-corrected chi connectivity index (χ2v) is 5.45. The number of ether oxygens (including phenoxy) is 2. The highest BCUT2D eigenvalue weighted by molar-refractivity contribution is 5.85. The molecule has 4 nitrogen and oxygen atoms in total. The standard InChI is InChI=1S/C16H18N2O2/c1-16(2,3)20-9-8-19-15-10-12(11-17)13-6-4-5-7-14(13)18-15/h4-7,10H,8-9H2,1-3H3. The van der Waals surface area contributed by atoms with E-state index in [2.05, 4.69) is 11.1 Å². The van der Waals surface area contributed by atoms with Crippen LogP contribution in [0.15, 0.2) is 30.3 Å². The van der Waals surface area contributed by atoms with Crippen molar-refractivity contribution in [3.8, 4) is 11.9 Å². The summed E-state index contributed by atoms with van der Waals surface area (Å²) in [6, 6.07) is 11.4. The summed E-state index contributed by atoms with van der Waals surface area (Å²) in [7, 11) is 0. The number of para-hydroxylation sites is 1. The second-order valence-electron chi connectivity index (χ2n) is 5.45. The van der Waals surface area contributed by atoms with Gasteiger partial charge in [0.1, 0.15) is 12.7 Å². The molecule has 0 atom stereocenters. The molecule has 1 heterocycles. The Balaban J connectivity index is 2.10. The van der Waals surface area contributed by atoms with Gasteiger partial charge in [-0.1, -0.05) is 18.2 Å². The molecule has 0 radical (unpaired) electrons. The number of benzene rings is 1. The maximum absolute atomic E-state index is 9.18. The third-order valence-electron chi connectivity index (χ3n) is 2.68. The monoisotopic (exact) mass is 270 g/mol. The van der Waals surface area contributed by atoms with Gasteiger partial charge in [-0.15, -0.1) is 0 Å². The van der Waals surface area contributed by atoms with E-state index in [-0.39, 0.29) is 5.60 Å². The molecule has 20 heavy (non-hydrogen) atoms. The van der Waals surface area contributed by atoms with Crippen LogP contribution < -0.4 is 4.74 Å². The summed E-state index contributed by atoms with van der Waals surface area (Å²) < 4.78 is 11.1. The van der Waals surface area contributed by atoms with Gasteiger partial charge in [-0.3, -0.25) is 0 Å². The fourth-order valence-corrected chi connectivity index (χ4v) is 1.81. The molecule has 2 aromatic rings. The van der Waals surface area contributed by atoms with Crippen molar-refractivity contribution in [1.82, 2.24) is 4.98 Å². The van der Waals surface area contributed by atoms with Gasteiger partial charge in [-0.2, -0.15) is 5.26 Å². The van der Waals surface area contributed by atoms with E-state index < -0.39 is 0 Å². The molecule has 0 bridgehead atoms. The van der Waals surface area contributed by atoms with E-state index in [9.17, 15) is 5.26 Å². The molecular formula is C16H18N2O2. The van der Waals surface area contributed by atoms with Crippen LogP contribution in [0.4, 0.5) is 0 Å². The van der Waals surface area contributed by atoms with Crippen molar-refractivity contribution in [3.63, 3.8) is 0 Å². The first-order valence-corrected chi connectivity index (χ1v) is 6.56. The van der Waals surface area contributed by atoms with Crippen LogP contribution in [0.5, 0.6) is 5.88 Å². The first-order valence-electron chi connectivity index (χ1n) is 6.56. The Kier molecular flexibility index (Phi) is 4.21. The Labute approximate surface area is 119 Å². The molecule has 0 saturated heterocycles. The number of fused-ring (bicyclic) bond motifs is 1. The molecular weight excluding hydrogens is 252 g/mol. The van der Waals surface area contributed by atoms with Crippen LogP contribution in [0.2, 0.25) is 0 Å². The van der Waals surface area contributed by atoms with Crippen molar-refractivity contribution in [2.45, 2.75) is 26.4 Å². The van der Waals surface area contributed by atoms with Gasteiger partial charge in [-0.05, 0) is 26.8 Å². The lowest BCUT2D eigenvalue weighted by Gasteiger charge is -2.19. The van der Waals surface area contributed by atoms with Crippen LogP contribution in [0.25, 0.3) is 10.9 Å². The van der Waals surface area contributed by atoms with E-state index in [0.29, 0.717) is 24.7 Å². The maximum Gasteiger partial charge on any atom is 0.215 e. The van der Waals surface area contributed by atoms with Crippen molar-refractivity contribution < 1.29 is 9.47 Å². The van der Waals surface area contributed by atoms with E-state index in [1.54, 1.807) is 6.07 Å². The molecule has 104 valence electrons. The molecule has 0 fully saturated rings. The molecule has 2 rings (SSSR count). The number of pyridine rings is 1. The molecule has 0 N–H and O–H groups in total. The van der Waals surface area contributed by atoms with E-state index in [0.717, 1.165) is 10.9 Å². The van der Waals surface area contributed by atoms with Gasteiger partial charge in [0.05, 0.1) is 23.3 Å². The van der Waals surface area contributed by atoms with Crippen LogP contribution in [0.3, 0.4) is 0 Å². The number of nitriles is 1. The SMILES string of the molecule is CC(C)(C)OCCOc1cc(C#N)c2ccccc2n1. The maximum atomic E-state index is 9.18. The van der Waals surface area contributed by atoms with Gasteiger partial charge < -0.3 is 9.47 Å². The molecule has 0 saturated carbocycles. The third-order valence-corrected chi connectivity index (χ3v) is 2.68. The van der Waals surface area contributed by atoms with E-state index >= 15 is 0 Å². The van der Waals surface area contributed by atoms with E-state index in [4.69, 9.17) is 9.47 Å². The van der Waals surface area contributed by atoms with Crippen LogP contribution in [0, 0.1) is 11.3 Å². The van der Waals surface area contributed by atoms with Gasteiger partial charge in [0, 0.05) is 11.5 Å². The third kappa shape index (κ3) is 3.69.